The Morgan fingerprint density at radius 3 is 2.56 bits per heavy atom. The van der Waals surface area contributed by atoms with Crippen LogP contribution in [0, 0.1) is 5.92 Å². The van der Waals surface area contributed by atoms with Gasteiger partial charge in [0.05, 0.1) is 5.69 Å². The van der Waals surface area contributed by atoms with Crippen molar-refractivity contribution < 1.29 is 8.42 Å². The van der Waals surface area contributed by atoms with E-state index in [-0.39, 0.29) is 4.90 Å². The Morgan fingerprint density at radius 1 is 1.38 bits per heavy atom. The Morgan fingerprint density at radius 2 is 2.00 bits per heavy atom. The van der Waals surface area contributed by atoms with E-state index >= 15 is 0 Å². The molecule has 5 heteroatoms. The second kappa shape index (κ2) is 5.32. The fourth-order valence-electron chi connectivity index (χ4n) is 1.29. The van der Waals surface area contributed by atoms with Gasteiger partial charge in [0.15, 0.2) is 0 Å². The van der Waals surface area contributed by atoms with Crippen LogP contribution in [0.1, 0.15) is 20.3 Å². The number of hydrogen-bond donors (Lipinski definition) is 2. The Hall–Kier alpha value is -1.07. The molecule has 3 N–H and O–H groups in total. The number of rotatable bonds is 5. The van der Waals surface area contributed by atoms with Gasteiger partial charge in [-0.15, -0.1) is 0 Å². The molecule has 16 heavy (non-hydrogen) atoms. The van der Waals surface area contributed by atoms with Crippen molar-refractivity contribution in [2.24, 2.45) is 11.1 Å². The zero-order valence-corrected chi connectivity index (χ0v) is 10.4. The van der Waals surface area contributed by atoms with E-state index in [0.717, 1.165) is 13.0 Å². The van der Waals surface area contributed by atoms with Gasteiger partial charge in [0.25, 0.3) is 0 Å². The molecule has 0 heterocycles. The number of benzene rings is 1. The average Bonchev–Trinajstić information content (AvgIpc) is 2.25. The molecule has 1 aromatic carbocycles. The average molecular weight is 242 g/mol. The molecular weight excluding hydrogens is 224 g/mol. The second-order valence-corrected chi connectivity index (χ2v) is 5.47. The summed E-state index contributed by atoms with van der Waals surface area (Å²) < 4.78 is 22.6. The third-order valence-corrected chi connectivity index (χ3v) is 3.50. The molecule has 0 radical (unpaired) electrons. The highest BCUT2D eigenvalue weighted by molar-refractivity contribution is 7.89. The number of hydrogen-bond acceptors (Lipinski definition) is 3. The monoisotopic (exact) mass is 242 g/mol. The third kappa shape index (κ3) is 3.50. The van der Waals surface area contributed by atoms with Crippen LogP contribution in [0.3, 0.4) is 0 Å². The molecule has 0 bridgehead atoms. The largest absolute Gasteiger partial charge is 0.384 e. The molecule has 1 aromatic rings. The van der Waals surface area contributed by atoms with E-state index in [0.29, 0.717) is 11.6 Å². The molecular formula is C11H18N2O2S. The van der Waals surface area contributed by atoms with Crippen molar-refractivity contribution in [1.29, 1.82) is 0 Å². The fraction of sp³-hybridized carbons (Fsp3) is 0.455. The number of anilines is 1. The zero-order chi connectivity index (χ0) is 12.2. The first-order chi connectivity index (χ1) is 7.45. The van der Waals surface area contributed by atoms with Crippen molar-refractivity contribution in [2.45, 2.75) is 25.2 Å². The van der Waals surface area contributed by atoms with Gasteiger partial charge in [-0.05, 0) is 18.1 Å². The second-order valence-electron chi connectivity index (χ2n) is 3.94. The molecule has 0 fully saturated rings. The lowest BCUT2D eigenvalue weighted by Gasteiger charge is -2.13. The Labute approximate surface area is 96.9 Å². The van der Waals surface area contributed by atoms with Crippen LogP contribution in [-0.4, -0.2) is 15.0 Å². The Balaban J connectivity index is 2.88. The molecule has 4 nitrogen and oxygen atoms in total. The zero-order valence-electron chi connectivity index (χ0n) is 9.60. The Bertz CT molecular complexity index is 443. The quantitative estimate of drug-likeness (QED) is 0.827. The van der Waals surface area contributed by atoms with Gasteiger partial charge >= 0.3 is 0 Å². The summed E-state index contributed by atoms with van der Waals surface area (Å²) in [7, 11) is -3.65. The molecule has 0 aromatic heterocycles. The first-order valence-electron chi connectivity index (χ1n) is 5.31. The Kier molecular flexibility index (Phi) is 4.32. The van der Waals surface area contributed by atoms with Crippen LogP contribution in [0.5, 0.6) is 0 Å². The summed E-state index contributed by atoms with van der Waals surface area (Å²) >= 11 is 0. The minimum absolute atomic E-state index is 0.151. The summed E-state index contributed by atoms with van der Waals surface area (Å²) in [6.07, 6.45) is 1.05. The highest BCUT2D eigenvalue weighted by Crippen LogP contribution is 2.19. The van der Waals surface area contributed by atoms with Crippen LogP contribution < -0.4 is 10.5 Å². The smallest absolute Gasteiger partial charge is 0.240 e. The van der Waals surface area contributed by atoms with Crippen molar-refractivity contribution in [3.63, 3.8) is 0 Å². The highest BCUT2D eigenvalue weighted by atomic mass is 32.2. The maximum absolute atomic E-state index is 11.3. The maximum Gasteiger partial charge on any atom is 0.240 e. The number of nitrogens with one attached hydrogen (secondary N) is 1. The summed E-state index contributed by atoms with van der Waals surface area (Å²) in [5.74, 6) is 0.494. The summed E-state index contributed by atoms with van der Waals surface area (Å²) in [6, 6.07) is 6.68. The first-order valence-corrected chi connectivity index (χ1v) is 6.85. The molecule has 1 rings (SSSR count). The first kappa shape index (κ1) is 13.0. The van der Waals surface area contributed by atoms with Crippen molar-refractivity contribution in [3.8, 4) is 0 Å². The van der Waals surface area contributed by atoms with Crippen LogP contribution in [0.4, 0.5) is 5.69 Å². The standard InChI is InChI=1S/C11H18N2O2S/c1-3-9(2)8-13-10-6-4-5-7-11(10)16(12,14)15/h4-7,9,13H,3,8H2,1-2H3,(H2,12,14,15). The van der Waals surface area contributed by atoms with E-state index in [1.807, 2.05) is 0 Å². The molecule has 90 valence electrons. The van der Waals surface area contributed by atoms with Crippen molar-refractivity contribution in [2.75, 3.05) is 11.9 Å². The number of para-hydroxylation sites is 1. The number of sulfonamides is 1. The molecule has 1 unspecified atom stereocenters. The van der Waals surface area contributed by atoms with Crippen LogP contribution in [0.15, 0.2) is 29.2 Å². The molecule has 0 aliphatic carbocycles. The summed E-state index contributed by atoms with van der Waals surface area (Å²) in [5, 5.41) is 8.24. The van der Waals surface area contributed by atoms with E-state index in [2.05, 4.69) is 19.2 Å². The normalized spacial score (nSPS) is 13.4. The molecule has 0 amide bonds. The predicted octanol–water partition coefficient (Wildman–Crippen LogP) is 1.79. The van der Waals surface area contributed by atoms with Crippen molar-refractivity contribution >= 4 is 15.7 Å². The lowest BCUT2D eigenvalue weighted by molar-refractivity contribution is 0.589. The molecule has 0 aliphatic heterocycles. The predicted molar refractivity (Wildman–Crippen MR) is 65.8 cm³/mol. The molecule has 0 saturated carbocycles. The summed E-state index contributed by atoms with van der Waals surface area (Å²) in [6.45, 7) is 4.94. The summed E-state index contributed by atoms with van der Waals surface area (Å²) in [4.78, 5) is 0.151. The SMILES string of the molecule is CCC(C)CNc1ccccc1S(N)(=O)=O. The van der Waals surface area contributed by atoms with Gasteiger partial charge in [0.2, 0.25) is 10.0 Å². The summed E-state index contributed by atoms with van der Waals surface area (Å²) in [5.41, 5.74) is 0.574. The number of nitrogens with two attached hydrogens (primary N) is 1. The van der Waals surface area contributed by atoms with Crippen LogP contribution in [0.25, 0.3) is 0 Å². The lowest BCUT2D eigenvalue weighted by atomic mass is 10.1. The van der Waals surface area contributed by atoms with E-state index in [4.69, 9.17) is 5.14 Å². The van der Waals surface area contributed by atoms with Gasteiger partial charge in [0.1, 0.15) is 4.90 Å². The van der Waals surface area contributed by atoms with Gasteiger partial charge < -0.3 is 5.32 Å². The highest BCUT2D eigenvalue weighted by Gasteiger charge is 2.12. The third-order valence-electron chi connectivity index (χ3n) is 2.53. The lowest BCUT2D eigenvalue weighted by Crippen LogP contribution is -2.17. The fourth-order valence-corrected chi connectivity index (χ4v) is 2.00. The maximum atomic E-state index is 11.3. The van der Waals surface area contributed by atoms with Gasteiger partial charge in [-0.3, -0.25) is 0 Å². The van der Waals surface area contributed by atoms with E-state index < -0.39 is 10.0 Å². The van der Waals surface area contributed by atoms with Crippen molar-refractivity contribution in [1.82, 2.24) is 0 Å². The van der Waals surface area contributed by atoms with Gasteiger partial charge in [-0.25, -0.2) is 13.6 Å². The van der Waals surface area contributed by atoms with Crippen molar-refractivity contribution in [3.05, 3.63) is 24.3 Å². The van der Waals surface area contributed by atoms with E-state index in [9.17, 15) is 8.42 Å². The van der Waals surface area contributed by atoms with Gasteiger partial charge in [-0.1, -0.05) is 32.4 Å². The van der Waals surface area contributed by atoms with E-state index in [1.54, 1.807) is 18.2 Å². The molecule has 0 saturated heterocycles. The van der Waals surface area contributed by atoms with Gasteiger partial charge in [-0.2, -0.15) is 0 Å². The molecule has 0 aliphatic rings. The van der Waals surface area contributed by atoms with Crippen LogP contribution in [-0.2, 0) is 10.0 Å². The minimum atomic E-state index is -3.65. The van der Waals surface area contributed by atoms with Crippen LogP contribution >= 0.6 is 0 Å². The molecule has 1 atom stereocenters. The van der Waals surface area contributed by atoms with Crippen LogP contribution in [0.2, 0.25) is 0 Å². The molecule has 0 spiro atoms. The minimum Gasteiger partial charge on any atom is -0.384 e. The topological polar surface area (TPSA) is 72.2 Å². The van der Waals surface area contributed by atoms with E-state index in [1.165, 1.54) is 6.07 Å². The van der Waals surface area contributed by atoms with Gasteiger partial charge in [0, 0.05) is 6.54 Å². The number of primary sulfonamides is 1.